The molecule has 7 heteroatoms. The van der Waals surface area contributed by atoms with E-state index in [0.717, 1.165) is 23.4 Å². The zero-order chi connectivity index (χ0) is 24.5. The molecule has 2 heterocycles. The highest BCUT2D eigenvalue weighted by atomic mass is 19.3. The van der Waals surface area contributed by atoms with E-state index in [9.17, 15) is 22.8 Å². The molecule has 2 aliphatic rings. The number of Topliss-reactive ketones (excluding diaryl/α,β-unsaturated/α-hetero) is 1. The third-order valence-corrected chi connectivity index (χ3v) is 6.76. The van der Waals surface area contributed by atoms with E-state index < -0.39 is 11.6 Å². The molecule has 0 spiro atoms. The van der Waals surface area contributed by atoms with Crippen LogP contribution in [-0.2, 0) is 21.7 Å². The number of rotatable bonds is 7. The number of ketones is 1. The standard InChI is InChI=1S/C27H31F3N2O2/c1-26(2,28)21-7-5-19(6-8-21)16-24(33)17-20-4-3-14-32(25(20)34)23-11-9-22(10-12-23)31-15-13-27(29,30)18-31/h5-12,20H,3-4,13-18H2,1-2H3/t20-/m0/s1. The second-order valence-electron chi connectivity index (χ2n) is 9.96. The lowest BCUT2D eigenvalue weighted by atomic mass is 9.89. The quantitative estimate of drug-likeness (QED) is 0.521. The van der Waals surface area contributed by atoms with E-state index in [-0.39, 0.29) is 43.4 Å². The second kappa shape index (κ2) is 9.43. The smallest absolute Gasteiger partial charge is 0.266 e. The molecule has 0 radical (unpaired) electrons. The van der Waals surface area contributed by atoms with Gasteiger partial charge < -0.3 is 9.80 Å². The number of nitrogens with zero attached hydrogens (tertiary/aromatic N) is 2. The summed E-state index contributed by atoms with van der Waals surface area (Å²) in [5.74, 6) is -3.12. The minimum absolute atomic E-state index is 0.0160. The van der Waals surface area contributed by atoms with Crippen LogP contribution in [0.2, 0.25) is 0 Å². The van der Waals surface area contributed by atoms with Crippen molar-refractivity contribution >= 4 is 23.1 Å². The molecular weight excluding hydrogens is 441 g/mol. The molecule has 2 aromatic carbocycles. The van der Waals surface area contributed by atoms with Crippen LogP contribution in [0.5, 0.6) is 0 Å². The third-order valence-electron chi connectivity index (χ3n) is 6.76. The normalized spacial score (nSPS) is 20.6. The van der Waals surface area contributed by atoms with Crippen molar-refractivity contribution in [2.75, 3.05) is 29.4 Å². The van der Waals surface area contributed by atoms with E-state index in [0.29, 0.717) is 25.1 Å². The summed E-state index contributed by atoms with van der Waals surface area (Å²) in [5.41, 5.74) is 1.38. The summed E-state index contributed by atoms with van der Waals surface area (Å²) in [6.45, 7) is 3.59. The van der Waals surface area contributed by atoms with Crippen molar-refractivity contribution in [1.82, 2.24) is 0 Å². The average Bonchev–Trinajstić information content (AvgIpc) is 3.15. The Morgan fingerprint density at radius 2 is 1.68 bits per heavy atom. The Balaban J connectivity index is 1.36. The fourth-order valence-corrected chi connectivity index (χ4v) is 4.79. The Kier molecular flexibility index (Phi) is 6.74. The number of carbonyl (C=O) groups excluding carboxylic acids is 2. The average molecular weight is 473 g/mol. The second-order valence-corrected chi connectivity index (χ2v) is 9.96. The van der Waals surface area contributed by atoms with Gasteiger partial charge in [-0.2, -0.15) is 0 Å². The van der Waals surface area contributed by atoms with Gasteiger partial charge in [0.25, 0.3) is 5.92 Å². The van der Waals surface area contributed by atoms with Crippen LogP contribution in [0.1, 0.15) is 50.7 Å². The van der Waals surface area contributed by atoms with Gasteiger partial charge in [0, 0.05) is 49.6 Å². The lowest BCUT2D eigenvalue weighted by Gasteiger charge is -2.32. The molecule has 0 aliphatic carbocycles. The van der Waals surface area contributed by atoms with Gasteiger partial charge in [0.2, 0.25) is 5.91 Å². The largest absolute Gasteiger partial charge is 0.365 e. The Hall–Kier alpha value is -2.83. The van der Waals surface area contributed by atoms with Gasteiger partial charge in [-0.15, -0.1) is 0 Å². The molecule has 0 unspecified atom stereocenters. The molecule has 182 valence electrons. The summed E-state index contributed by atoms with van der Waals surface area (Å²) in [7, 11) is 0. The van der Waals surface area contributed by atoms with Gasteiger partial charge in [-0.05, 0) is 62.1 Å². The number of amides is 1. The lowest BCUT2D eigenvalue weighted by Crippen LogP contribution is -2.42. The van der Waals surface area contributed by atoms with E-state index in [4.69, 9.17) is 0 Å². The topological polar surface area (TPSA) is 40.6 Å². The first-order valence-corrected chi connectivity index (χ1v) is 11.9. The Morgan fingerprint density at radius 3 is 2.26 bits per heavy atom. The SMILES string of the molecule is CC(C)(F)c1ccc(CC(=O)C[C@@H]2CCCN(c3ccc(N4CCC(F)(F)C4)cc3)C2=O)cc1. The number of piperidine rings is 1. The zero-order valence-corrected chi connectivity index (χ0v) is 19.7. The van der Waals surface area contributed by atoms with Crippen LogP contribution in [-0.4, -0.2) is 37.2 Å². The maximum Gasteiger partial charge on any atom is 0.266 e. The molecule has 2 fully saturated rings. The summed E-state index contributed by atoms with van der Waals surface area (Å²) in [4.78, 5) is 29.2. The van der Waals surface area contributed by atoms with Gasteiger partial charge in [0.1, 0.15) is 11.5 Å². The monoisotopic (exact) mass is 472 g/mol. The van der Waals surface area contributed by atoms with Crippen molar-refractivity contribution in [3.05, 3.63) is 59.7 Å². The van der Waals surface area contributed by atoms with Crippen molar-refractivity contribution in [2.24, 2.45) is 5.92 Å². The maximum absolute atomic E-state index is 14.0. The first-order chi connectivity index (χ1) is 16.0. The van der Waals surface area contributed by atoms with E-state index in [1.165, 1.54) is 13.8 Å². The lowest BCUT2D eigenvalue weighted by molar-refractivity contribution is -0.128. The molecule has 34 heavy (non-hydrogen) atoms. The number of alkyl halides is 3. The number of halogens is 3. The fraction of sp³-hybridized carbons (Fsp3) is 0.481. The Bertz CT molecular complexity index is 1030. The predicted molar refractivity (Wildman–Crippen MR) is 127 cm³/mol. The summed E-state index contributed by atoms with van der Waals surface area (Å²) in [6, 6.07) is 14.1. The number of hydrogen-bond donors (Lipinski definition) is 0. The van der Waals surface area contributed by atoms with E-state index in [1.54, 1.807) is 58.3 Å². The van der Waals surface area contributed by atoms with E-state index in [1.807, 2.05) is 0 Å². The molecule has 2 saturated heterocycles. The number of carbonyl (C=O) groups is 2. The molecule has 0 saturated carbocycles. The molecule has 1 amide bonds. The molecule has 1 atom stereocenters. The van der Waals surface area contributed by atoms with Crippen molar-refractivity contribution in [1.29, 1.82) is 0 Å². The third kappa shape index (κ3) is 5.62. The number of anilines is 2. The van der Waals surface area contributed by atoms with Gasteiger partial charge in [0.15, 0.2) is 0 Å². The van der Waals surface area contributed by atoms with Crippen LogP contribution in [0.15, 0.2) is 48.5 Å². The van der Waals surface area contributed by atoms with Crippen LogP contribution < -0.4 is 9.80 Å². The first kappa shape index (κ1) is 24.3. The summed E-state index contributed by atoms with van der Waals surface area (Å²) >= 11 is 0. The number of benzene rings is 2. The minimum Gasteiger partial charge on any atom is -0.365 e. The van der Waals surface area contributed by atoms with Crippen LogP contribution in [0.3, 0.4) is 0 Å². The van der Waals surface area contributed by atoms with Crippen molar-refractivity contribution in [3.63, 3.8) is 0 Å². The highest BCUT2D eigenvalue weighted by molar-refractivity contribution is 5.98. The van der Waals surface area contributed by atoms with E-state index in [2.05, 4.69) is 0 Å². The van der Waals surface area contributed by atoms with E-state index >= 15 is 0 Å². The molecule has 2 aliphatic heterocycles. The fourth-order valence-electron chi connectivity index (χ4n) is 4.79. The van der Waals surface area contributed by atoms with Crippen molar-refractivity contribution in [3.8, 4) is 0 Å². The molecule has 0 aromatic heterocycles. The highest BCUT2D eigenvalue weighted by Crippen LogP contribution is 2.33. The van der Waals surface area contributed by atoms with Crippen LogP contribution >= 0.6 is 0 Å². The minimum atomic E-state index is -2.66. The van der Waals surface area contributed by atoms with Gasteiger partial charge in [-0.3, -0.25) is 9.59 Å². The summed E-state index contributed by atoms with van der Waals surface area (Å²) < 4.78 is 41.1. The summed E-state index contributed by atoms with van der Waals surface area (Å²) in [6.07, 6.45) is 1.70. The highest BCUT2D eigenvalue weighted by Gasteiger charge is 2.38. The van der Waals surface area contributed by atoms with Crippen molar-refractivity contribution < 1.29 is 22.8 Å². The van der Waals surface area contributed by atoms with Crippen LogP contribution in [0.25, 0.3) is 0 Å². The van der Waals surface area contributed by atoms with Crippen LogP contribution in [0, 0.1) is 5.92 Å². The Labute approximate surface area is 198 Å². The van der Waals surface area contributed by atoms with Gasteiger partial charge in [0.05, 0.1) is 6.54 Å². The molecule has 2 aromatic rings. The number of hydrogen-bond acceptors (Lipinski definition) is 3. The Morgan fingerprint density at radius 1 is 1.03 bits per heavy atom. The van der Waals surface area contributed by atoms with Gasteiger partial charge in [-0.1, -0.05) is 24.3 Å². The van der Waals surface area contributed by atoms with Crippen LogP contribution in [0.4, 0.5) is 24.5 Å². The van der Waals surface area contributed by atoms with Gasteiger partial charge >= 0.3 is 0 Å². The van der Waals surface area contributed by atoms with Crippen molar-refractivity contribution in [2.45, 2.75) is 57.5 Å². The maximum atomic E-state index is 14.0. The summed E-state index contributed by atoms with van der Waals surface area (Å²) in [5, 5.41) is 0. The zero-order valence-electron chi connectivity index (χ0n) is 19.7. The predicted octanol–water partition coefficient (Wildman–Crippen LogP) is 5.68. The molecule has 0 bridgehead atoms. The molecule has 0 N–H and O–H groups in total. The van der Waals surface area contributed by atoms with Gasteiger partial charge in [-0.25, -0.2) is 13.2 Å². The molecule has 4 nitrogen and oxygen atoms in total. The first-order valence-electron chi connectivity index (χ1n) is 11.9. The molecular formula is C27H31F3N2O2. The molecule has 4 rings (SSSR count).